The second-order valence-electron chi connectivity index (χ2n) is 14.0. The van der Waals surface area contributed by atoms with Crippen LogP contribution in [-0.4, -0.2) is 135 Å². The molecule has 55 heavy (non-hydrogen) atoms. The lowest BCUT2D eigenvalue weighted by molar-refractivity contribution is -0.129. The van der Waals surface area contributed by atoms with Gasteiger partial charge in [-0.2, -0.15) is 0 Å². The molecule has 2 saturated heterocycles. The number of hydrogen-bond acceptors (Lipinski definition) is 12. The minimum atomic E-state index is -3.15. The highest BCUT2D eigenvalue weighted by Gasteiger charge is 2.36. The summed E-state index contributed by atoms with van der Waals surface area (Å²) in [5.41, 5.74) is 3.71. The third-order valence-electron chi connectivity index (χ3n) is 10.0. The molecule has 3 amide bonds. The lowest BCUT2D eigenvalue weighted by atomic mass is 10.1. The maximum Gasteiger partial charge on any atom is 0.257 e. The molecule has 4 heterocycles. The van der Waals surface area contributed by atoms with Gasteiger partial charge in [0.1, 0.15) is 7.14 Å². The Balaban J connectivity index is 1.17. The van der Waals surface area contributed by atoms with Crippen molar-refractivity contribution in [2.75, 3.05) is 78.2 Å². The van der Waals surface area contributed by atoms with Gasteiger partial charge in [-0.3, -0.25) is 24.4 Å². The van der Waals surface area contributed by atoms with Crippen LogP contribution in [0.25, 0.3) is 0 Å². The molecule has 13 nitrogen and oxygen atoms in total. The lowest BCUT2D eigenvalue weighted by Crippen LogP contribution is -2.35. The molecule has 2 unspecified atom stereocenters. The first-order chi connectivity index (χ1) is 26.4. The Kier molecular flexibility index (Phi) is 13.0. The largest absolute Gasteiger partial charge is 0.493 e. The molecular formula is C39H48N5O8PS2. The molecule has 2 aromatic rings. The van der Waals surface area contributed by atoms with Crippen molar-refractivity contribution in [2.24, 2.45) is 9.98 Å². The van der Waals surface area contributed by atoms with Gasteiger partial charge in [0, 0.05) is 69.2 Å². The zero-order valence-electron chi connectivity index (χ0n) is 31.8. The van der Waals surface area contributed by atoms with E-state index in [1.165, 1.54) is 14.2 Å². The molecular weight excluding hydrogens is 762 g/mol. The summed E-state index contributed by atoms with van der Waals surface area (Å²) in [5.74, 6) is 1.91. The van der Waals surface area contributed by atoms with Crippen LogP contribution in [0.2, 0.25) is 0 Å². The minimum absolute atomic E-state index is 0.0412. The van der Waals surface area contributed by atoms with Gasteiger partial charge in [0.25, 0.3) is 11.8 Å². The smallest absolute Gasteiger partial charge is 0.257 e. The van der Waals surface area contributed by atoms with E-state index in [1.54, 1.807) is 80.0 Å². The first-order valence-corrected chi connectivity index (χ1v) is 23.1. The molecule has 0 N–H and O–H groups in total. The standard InChI is InChI=1S/C39H48N5O8PS2/c1-25-14-27-20-40-31-18-35(33(49-4)16-29(31)38(46)43(27)22-25)51-9-11-53(48,24-42(3)37(45)8-7-13-55-54-6)12-10-52-36-19-32-30(17-34(36)50-5)39(47)44-23-26(2)15-28(44)21-41-32/h16-21,27-28H,1-2,7-15,22-24H2,3-6H3. The number of amides is 3. The summed E-state index contributed by atoms with van der Waals surface area (Å²) >= 11 is 0. The second-order valence-corrected chi connectivity index (χ2v) is 20.0. The minimum Gasteiger partial charge on any atom is -0.493 e. The first-order valence-electron chi connectivity index (χ1n) is 18.1. The van der Waals surface area contributed by atoms with Gasteiger partial charge >= 0.3 is 0 Å². The molecule has 4 aliphatic heterocycles. The van der Waals surface area contributed by atoms with Crippen LogP contribution in [0, 0.1) is 0 Å². The van der Waals surface area contributed by atoms with Gasteiger partial charge in [0.2, 0.25) is 5.91 Å². The van der Waals surface area contributed by atoms with E-state index in [0.717, 1.165) is 23.3 Å². The summed E-state index contributed by atoms with van der Waals surface area (Å²) in [6.07, 6.45) is 8.26. The number of fused-ring (bicyclic) bond motifs is 4. The predicted octanol–water partition coefficient (Wildman–Crippen LogP) is 6.71. The number of rotatable bonds is 17. The van der Waals surface area contributed by atoms with Gasteiger partial charge in [-0.25, -0.2) is 0 Å². The van der Waals surface area contributed by atoms with Gasteiger partial charge in [0.15, 0.2) is 23.0 Å². The highest BCUT2D eigenvalue weighted by Crippen LogP contribution is 2.47. The molecule has 2 aromatic carbocycles. The van der Waals surface area contributed by atoms with Crippen molar-refractivity contribution < 1.29 is 37.9 Å². The SMILES string of the molecule is C=C1CC2C=Nc3cc(OCCP(=O)(CCOc4cc5c(cc4OC)C(=O)N4CC(=C)CC4C=N5)CN(C)C(=O)CCCSSC)c(OC)cc3C(=O)N2C1. The first kappa shape index (κ1) is 40.5. The van der Waals surface area contributed by atoms with E-state index in [2.05, 4.69) is 23.1 Å². The van der Waals surface area contributed by atoms with Crippen molar-refractivity contribution in [3.8, 4) is 23.0 Å². The third kappa shape index (κ3) is 9.27. The molecule has 0 saturated carbocycles. The van der Waals surface area contributed by atoms with Crippen LogP contribution in [0.4, 0.5) is 11.4 Å². The zero-order chi connectivity index (χ0) is 39.3. The van der Waals surface area contributed by atoms with E-state index in [0.29, 0.717) is 77.9 Å². The number of benzene rings is 2. The fourth-order valence-corrected chi connectivity index (χ4v) is 10.7. The summed E-state index contributed by atoms with van der Waals surface area (Å²) in [4.78, 5) is 54.2. The molecule has 6 rings (SSSR count). The quantitative estimate of drug-likeness (QED) is 0.0734. The summed E-state index contributed by atoms with van der Waals surface area (Å²) in [7, 11) is 4.88. The maximum atomic E-state index is 14.7. The number of nitrogens with zero attached hydrogens (tertiary/aromatic N) is 5. The Morgan fingerprint density at radius 1 is 0.855 bits per heavy atom. The maximum absolute atomic E-state index is 14.7. The van der Waals surface area contributed by atoms with Crippen LogP contribution in [0.5, 0.6) is 23.0 Å². The van der Waals surface area contributed by atoms with Crippen LogP contribution >= 0.6 is 28.7 Å². The van der Waals surface area contributed by atoms with Gasteiger partial charge < -0.3 is 38.2 Å². The Labute approximate surface area is 330 Å². The van der Waals surface area contributed by atoms with E-state index in [9.17, 15) is 18.9 Å². The fourth-order valence-electron chi connectivity index (χ4n) is 7.13. The van der Waals surface area contributed by atoms with E-state index < -0.39 is 7.14 Å². The van der Waals surface area contributed by atoms with Crippen LogP contribution in [0.1, 0.15) is 46.4 Å². The summed E-state index contributed by atoms with van der Waals surface area (Å²) < 4.78 is 38.4. The second kappa shape index (κ2) is 17.7. The molecule has 294 valence electrons. The summed E-state index contributed by atoms with van der Waals surface area (Å²) in [6, 6.07) is 6.31. The molecule has 0 bridgehead atoms. The number of methoxy groups -OCH3 is 2. The van der Waals surface area contributed by atoms with Gasteiger partial charge in [-0.05, 0) is 37.7 Å². The topological polar surface area (TPSA) is 140 Å². The number of hydrogen-bond donors (Lipinski definition) is 0. The zero-order valence-corrected chi connectivity index (χ0v) is 34.3. The van der Waals surface area contributed by atoms with E-state index in [1.807, 2.05) is 6.26 Å². The molecule has 2 fully saturated rings. The molecule has 2 atom stereocenters. The summed E-state index contributed by atoms with van der Waals surface area (Å²) in [6.45, 7) is 9.14. The number of ether oxygens (including phenoxy) is 4. The van der Waals surface area contributed by atoms with Crippen molar-refractivity contribution >= 4 is 70.3 Å². The molecule has 0 aromatic heterocycles. The van der Waals surface area contributed by atoms with Crippen molar-refractivity contribution in [3.05, 3.63) is 59.7 Å². The van der Waals surface area contributed by atoms with Crippen LogP contribution in [-0.2, 0) is 9.36 Å². The molecule has 4 aliphatic rings. The number of carbonyl (C=O) groups is 3. The van der Waals surface area contributed by atoms with Crippen LogP contribution in [0.3, 0.4) is 0 Å². The van der Waals surface area contributed by atoms with Crippen LogP contribution < -0.4 is 18.9 Å². The average molecular weight is 810 g/mol. The van der Waals surface area contributed by atoms with Crippen molar-refractivity contribution in [1.29, 1.82) is 0 Å². The van der Waals surface area contributed by atoms with E-state index in [-0.39, 0.29) is 61.6 Å². The Morgan fingerprint density at radius 3 is 1.80 bits per heavy atom. The van der Waals surface area contributed by atoms with Gasteiger partial charge in [0.05, 0.1) is 68.3 Å². The Hall–Kier alpha value is -4.20. The van der Waals surface area contributed by atoms with Crippen molar-refractivity contribution in [3.63, 3.8) is 0 Å². The average Bonchev–Trinajstić information content (AvgIpc) is 3.68. The normalized spacial score (nSPS) is 19.6. The van der Waals surface area contributed by atoms with Crippen molar-refractivity contribution in [1.82, 2.24) is 14.7 Å². The molecule has 0 spiro atoms. The summed E-state index contributed by atoms with van der Waals surface area (Å²) in [5, 5.41) is 0. The predicted molar refractivity (Wildman–Crippen MR) is 221 cm³/mol. The highest BCUT2D eigenvalue weighted by molar-refractivity contribution is 8.76. The lowest BCUT2D eigenvalue weighted by Gasteiger charge is -2.26. The fraction of sp³-hybridized carbons (Fsp3) is 0.462. The Morgan fingerprint density at radius 2 is 1.35 bits per heavy atom. The third-order valence-corrected chi connectivity index (χ3v) is 14.9. The van der Waals surface area contributed by atoms with E-state index in [4.69, 9.17) is 18.9 Å². The van der Waals surface area contributed by atoms with Gasteiger partial charge in [-0.15, -0.1) is 0 Å². The Bertz CT molecular complexity index is 1850. The van der Waals surface area contributed by atoms with Crippen LogP contribution in [0.15, 0.2) is 58.6 Å². The molecule has 16 heteroatoms. The van der Waals surface area contributed by atoms with E-state index >= 15 is 0 Å². The molecule has 0 radical (unpaired) electrons. The number of carbonyl (C=O) groups excluding carboxylic acids is 3. The number of aliphatic imine (C=N–C) groups is 2. The van der Waals surface area contributed by atoms with Gasteiger partial charge in [-0.1, -0.05) is 45.9 Å². The van der Waals surface area contributed by atoms with Crippen molar-refractivity contribution in [2.45, 2.75) is 37.8 Å². The monoisotopic (exact) mass is 809 g/mol. The highest BCUT2D eigenvalue weighted by atomic mass is 33.1. The molecule has 0 aliphatic carbocycles.